The van der Waals surface area contributed by atoms with E-state index < -0.39 is 10.0 Å². The van der Waals surface area contributed by atoms with E-state index in [1.165, 1.54) is 36.4 Å². The molecule has 3 N–H and O–H groups in total. The number of primary sulfonamides is 1. The number of sulfonamides is 1. The minimum Gasteiger partial charge on any atom is -0.321 e. The molecule has 1 aliphatic carbocycles. The zero-order chi connectivity index (χ0) is 21.3. The first kappa shape index (κ1) is 20.2. The number of rotatable bonds is 4. The molecule has 0 saturated carbocycles. The quantitative estimate of drug-likeness (QED) is 0.622. The van der Waals surface area contributed by atoms with Gasteiger partial charge in [-0.3, -0.25) is 4.79 Å². The molecular weight excluding hydrogens is 407 g/mol. The number of benzene rings is 2. The van der Waals surface area contributed by atoms with E-state index in [0.717, 1.165) is 43.4 Å². The van der Waals surface area contributed by atoms with Crippen molar-refractivity contribution in [3.63, 3.8) is 0 Å². The van der Waals surface area contributed by atoms with Crippen LogP contribution in [0.2, 0.25) is 0 Å². The highest BCUT2D eigenvalue weighted by Gasteiger charge is 2.25. The van der Waals surface area contributed by atoms with Gasteiger partial charge in [-0.2, -0.15) is 5.10 Å². The van der Waals surface area contributed by atoms with Crippen LogP contribution in [0.3, 0.4) is 0 Å². The van der Waals surface area contributed by atoms with E-state index in [2.05, 4.69) is 10.4 Å². The Bertz CT molecular complexity index is 1190. The van der Waals surface area contributed by atoms with E-state index in [1.54, 1.807) is 16.8 Å². The molecule has 9 heteroatoms. The van der Waals surface area contributed by atoms with Crippen molar-refractivity contribution >= 4 is 21.6 Å². The second-order valence-electron chi connectivity index (χ2n) is 7.25. The summed E-state index contributed by atoms with van der Waals surface area (Å²) in [5.74, 6) is -0.713. The smallest absolute Gasteiger partial charge is 0.276 e. The van der Waals surface area contributed by atoms with E-state index in [4.69, 9.17) is 5.14 Å². The van der Waals surface area contributed by atoms with Crippen LogP contribution in [0.25, 0.3) is 5.69 Å². The third-order valence-corrected chi connectivity index (χ3v) is 6.09. The summed E-state index contributed by atoms with van der Waals surface area (Å²) in [5.41, 5.74) is 3.33. The van der Waals surface area contributed by atoms with E-state index in [-0.39, 0.29) is 16.6 Å². The van der Waals surface area contributed by atoms with Crippen LogP contribution < -0.4 is 10.5 Å². The minimum absolute atomic E-state index is 0.0325. The Balaban J connectivity index is 1.68. The Morgan fingerprint density at radius 1 is 1.00 bits per heavy atom. The van der Waals surface area contributed by atoms with Gasteiger partial charge in [-0.1, -0.05) is 6.42 Å². The molecule has 0 unspecified atom stereocenters. The lowest BCUT2D eigenvalue weighted by Crippen LogP contribution is -2.16. The largest absolute Gasteiger partial charge is 0.321 e. The fourth-order valence-electron chi connectivity index (χ4n) is 3.67. The third kappa shape index (κ3) is 4.12. The van der Waals surface area contributed by atoms with Gasteiger partial charge in [-0.15, -0.1) is 0 Å². The van der Waals surface area contributed by atoms with Crippen LogP contribution in [0.4, 0.5) is 10.1 Å². The summed E-state index contributed by atoms with van der Waals surface area (Å²) in [4.78, 5) is 13.0. The van der Waals surface area contributed by atoms with Gasteiger partial charge in [0.1, 0.15) is 5.82 Å². The van der Waals surface area contributed by atoms with Crippen LogP contribution in [0.5, 0.6) is 0 Å². The van der Waals surface area contributed by atoms with Gasteiger partial charge < -0.3 is 5.32 Å². The molecular formula is C21H21FN4O3S. The summed E-state index contributed by atoms with van der Waals surface area (Å²) in [7, 11) is -3.80. The predicted octanol–water partition coefficient (Wildman–Crippen LogP) is 3.18. The summed E-state index contributed by atoms with van der Waals surface area (Å²) >= 11 is 0. The van der Waals surface area contributed by atoms with Crippen molar-refractivity contribution in [2.45, 2.75) is 37.0 Å². The van der Waals surface area contributed by atoms with Crippen LogP contribution in [0.1, 0.15) is 41.0 Å². The molecule has 0 saturated heterocycles. The molecule has 1 aliphatic rings. The number of amides is 1. The number of hydrogen-bond acceptors (Lipinski definition) is 4. The molecule has 0 spiro atoms. The van der Waals surface area contributed by atoms with Crippen molar-refractivity contribution in [3.8, 4) is 5.69 Å². The van der Waals surface area contributed by atoms with E-state index in [1.807, 2.05) is 0 Å². The molecule has 4 rings (SSSR count). The van der Waals surface area contributed by atoms with Crippen LogP contribution in [-0.2, 0) is 22.9 Å². The number of nitrogens with one attached hydrogen (secondary N) is 1. The third-order valence-electron chi connectivity index (χ3n) is 5.16. The molecule has 1 aromatic heterocycles. The average molecular weight is 428 g/mol. The van der Waals surface area contributed by atoms with Gasteiger partial charge in [0.05, 0.1) is 10.6 Å². The van der Waals surface area contributed by atoms with E-state index in [0.29, 0.717) is 17.1 Å². The Labute approximate surface area is 173 Å². The van der Waals surface area contributed by atoms with Crippen molar-refractivity contribution in [2.75, 3.05) is 5.32 Å². The van der Waals surface area contributed by atoms with Crippen LogP contribution in [0, 0.1) is 5.82 Å². The molecule has 7 nitrogen and oxygen atoms in total. The predicted molar refractivity (Wildman–Crippen MR) is 111 cm³/mol. The first-order chi connectivity index (χ1) is 14.3. The van der Waals surface area contributed by atoms with Crippen molar-refractivity contribution < 1.29 is 17.6 Å². The molecule has 0 radical (unpaired) electrons. The van der Waals surface area contributed by atoms with Crippen molar-refractivity contribution in [1.82, 2.24) is 9.78 Å². The second kappa shape index (κ2) is 8.00. The molecule has 1 amide bonds. The maximum Gasteiger partial charge on any atom is 0.276 e. The molecule has 0 fully saturated rings. The zero-order valence-electron chi connectivity index (χ0n) is 16.1. The van der Waals surface area contributed by atoms with Crippen LogP contribution >= 0.6 is 0 Å². The van der Waals surface area contributed by atoms with Crippen molar-refractivity contribution in [1.29, 1.82) is 0 Å². The minimum atomic E-state index is -3.80. The summed E-state index contributed by atoms with van der Waals surface area (Å²) in [6, 6.07) is 11.6. The van der Waals surface area contributed by atoms with Gasteiger partial charge in [-0.05, 0) is 74.2 Å². The average Bonchev–Trinajstić information content (AvgIpc) is 2.90. The summed E-state index contributed by atoms with van der Waals surface area (Å²) in [5, 5.41) is 12.4. The number of aromatic nitrogens is 2. The number of hydrogen-bond donors (Lipinski definition) is 2. The molecule has 30 heavy (non-hydrogen) atoms. The molecule has 3 aromatic rings. The number of nitrogens with two attached hydrogens (primary N) is 1. The number of fused-ring (bicyclic) bond motifs is 1. The van der Waals surface area contributed by atoms with Crippen molar-refractivity contribution in [2.24, 2.45) is 5.14 Å². The number of nitrogens with zero attached hydrogens (tertiary/aromatic N) is 2. The van der Waals surface area contributed by atoms with Gasteiger partial charge in [-0.25, -0.2) is 22.6 Å². The highest BCUT2D eigenvalue weighted by Crippen LogP contribution is 2.27. The number of halogens is 1. The zero-order valence-corrected chi connectivity index (χ0v) is 17.0. The van der Waals surface area contributed by atoms with Gasteiger partial charge in [0, 0.05) is 16.9 Å². The molecule has 0 atom stereocenters. The lowest BCUT2D eigenvalue weighted by molar-refractivity contribution is 0.102. The molecule has 1 heterocycles. The summed E-state index contributed by atoms with van der Waals surface area (Å²) < 4.78 is 37.9. The fraction of sp³-hybridized carbons (Fsp3) is 0.238. The summed E-state index contributed by atoms with van der Waals surface area (Å²) in [6.45, 7) is 0. The maximum absolute atomic E-state index is 13.3. The highest BCUT2D eigenvalue weighted by molar-refractivity contribution is 7.89. The molecule has 2 aromatic carbocycles. The normalized spacial score (nSPS) is 14.1. The SMILES string of the molecule is NS(=O)(=O)c1ccc(NC(=O)c2nn(-c3ccc(F)cc3)c3c2CCCCC3)cc1. The number of anilines is 1. The fourth-order valence-corrected chi connectivity index (χ4v) is 4.19. The Morgan fingerprint density at radius 2 is 1.67 bits per heavy atom. The highest BCUT2D eigenvalue weighted by atomic mass is 32.2. The molecule has 156 valence electrons. The van der Waals surface area contributed by atoms with Crippen molar-refractivity contribution in [3.05, 3.63) is 71.3 Å². The first-order valence-electron chi connectivity index (χ1n) is 9.64. The number of carbonyl (C=O) groups is 1. The van der Waals surface area contributed by atoms with Crippen LogP contribution in [-0.4, -0.2) is 24.1 Å². The Morgan fingerprint density at radius 3 is 2.33 bits per heavy atom. The monoisotopic (exact) mass is 428 g/mol. The van der Waals surface area contributed by atoms with E-state index >= 15 is 0 Å². The van der Waals surface area contributed by atoms with Gasteiger partial charge in [0.25, 0.3) is 5.91 Å². The standard InChI is InChI=1S/C21H21FN4O3S/c22-14-6-10-16(11-7-14)26-19-5-3-1-2-4-18(19)20(25-26)21(27)24-15-8-12-17(13-9-15)30(23,28)29/h6-13H,1-5H2,(H,24,27)(H2,23,28,29). The van der Waals surface area contributed by atoms with Gasteiger partial charge >= 0.3 is 0 Å². The lowest BCUT2D eigenvalue weighted by atomic mass is 10.1. The van der Waals surface area contributed by atoms with Crippen LogP contribution in [0.15, 0.2) is 53.4 Å². The molecule has 0 aliphatic heterocycles. The first-order valence-corrected chi connectivity index (χ1v) is 11.2. The topological polar surface area (TPSA) is 107 Å². The Kier molecular flexibility index (Phi) is 5.40. The Hall–Kier alpha value is -3.04. The van der Waals surface area contributed by atoms with E-state index in [9.17, 15) is 17.6 Å². The second-order valence-corrected chi connectivity index (χ2v) is 8.81. The number of carbonyl (C=O) groups excluding carboxylic acids is 1. The van der Waals surface area contributed by atoms with Gasteiger partial charge in [0.2, 0.25) is 10.0 Å². The molecule has 0 bridgehead atoms. The maximum atomic E-state index is 13.3. The lowest BCUT2D eigenvalue weighted by Gasteiger charge is -2.07. The van der Waals surface area contributed by atoms with Gasteiger partial charge in [0.15, 0.2) is 5.69 Å². The summed E-state index contributed by atoms with van der Waals surface area (Å²) in [6.07, 6.45) is 4.55.